The second-order valence-electron chi connectivity index (χ2n) is 3.11. The van der Waals surface area contributed by atoms with E-state index in [4.69, 9.17) is 10.2 Å². The first-order valence-corrected chi connectivity index (χ1v) is 4.59. The van der Waals surface area contributed by atoms with Crippen LogP contribution >= 0.6 is 0 Å². The third-order valence-electron chi connectivity index (χ3n) is 1.93. The van der Waals surface area contributed by atoms with Crippen molar-refractivity contribution in [1.29, 1.82) is 0 Å². The van der Waals surface area contributed by atoms with Crippen molar-refractivity contribution in [3.05, 3.63) is 34.9 Å². The third kappa shape index (κ3) is 3.12. The lowest BCUT2D eigenvalue weighted by molar-refractivity contribution is 0.0697. The fourth-order valence-electron chi connectivity index (χ4n) is 1.15. The molecule has 0 fully saturated rings. The molecule has 0 radical (unpaired) electrons. The molecule has 0 aromatic heterocycles. The van der Waals surface area contributed by atoms with Gasteiger partial charge in [0, 0.05) is 12.0 Å². The van der Waals surface area contributed by atoms with Crippen LogP contribution in [0.2, 0.25) is 0 Å². The number of aryl methyl sites for hydroxylation is 1. The van der Waals surface area contributed by atoms with E-state index in [1.165, 1.54) is 6.07 Å². The predicted octanol–water partition coefficient (Wildman–Crippen LogP) is 1.43. The van der Waals surface area contributed by atoms with E-state index in [0.29, 0.717) is 6.42 Å². The van der Waals surface area contributed by atoms with E-state index in [1.807, 2.05) is 6.92 Å². The van der Waals surface area contributed by atoms with Gasteiger partial charge in [0.2, 0.25) is 0 Å². The Morgan fingerprint density at radius 2 is 2.20 bits per heavy atom. The van der Waals surface area contributed by atoms with E-state index < -0.39 is 5.97 Å². The molecule has 0 aliphatic carbocycles. The molecule has 0 amide bonds. The van der Waals surface area contributed by atoms with Crippen molar-refractivity contribution in [1.82, 2.24) is 0 Å². The van der Waals surface area contributed by atoms with Gasteiger partial charge < -0.3 is 10.2 Å². The topological polar surface area (TPSA) is 57.5 Å². The lowest BCUT2D eigenvalue weighted by Crippen LogP contribution is -1.97. The molecular formula is C12H12O3. The lowest BCUT2D eigenvalue weighted by Gasteiger charge is -1.99. The third-order valence-corrected chi connectivity index (χ3v) is 1.93. The van der Waals surface area contributed by atoms with E-state index in [0.717, 1.165) is 11.1 Å². The summed E-state index contributed by atoms with van der Waals surface area (Å²) in [5.74, 6) is 4.73. The molecule has 0 bridgehead atoms. The van der Waals surface area contributed by atoms with Gasteiger partial charge in [0.05, 0.1) is 12.2 Å². The molecule has 3 heteroatoms. The van der Waals surface area contributed by atoms with Gasteiger partial charge in [-0.15, -0.1) is 0 Å². The van der Waals surface area contributed by atoms with E-state index in [1.54, 1.807) is 12.1 Å². The van der Waals surface area contributed by atoms with Crippen molar-refractivity contribution >= 4 is 5.97 Å². The quantitative estimate of drug-likeness (QED) is 0.716. The smallest absolute Gasteiger partial charge is 0.335 e. The number of carboxylic acid groups (broad SMARTS) is 1. The van der Waals surface area contributed by atoms with Gasteiger partial charge in [-0.2, -0.15) is 0 Å². The van der Waals surface area contributed by atoms with Crippen LogP contribution in [0.25, 0.3) is 0 Å². The molecule has 15 heavy (non-hydrogen) atoms. The van der Waals surface area contributed by atoms with Crippen LogP contribution in [-0.2, 0) is 0 Å². The van der Waals surface area contributed by atoms with E-state index in [9.17, 15) is 4.79 Å². The van der Waals surface area contributed by atoms with Crippen LogP contribution in [-0.4, -0.2) is 22.8 Å². The molecule has 1 aromatic carbocycles. The summed E-state index contributed by atoms with van der Waals surface area (Å²) in [6, 6.07) is 4.80. The molecule has 1 rings (SSSR count). The molecule has 78 valence electrons. The standard InChI is InChI=1S/C12H12O3/c1-9-8-11(12(14)15)6-5-10(9)4-2-3-7-13/h5-6,8,13H,3,7H2,1H3,(H,14,15). The van der Waals surface area contributed by atoms with Gasteiger partial charge in [-0.1, -0.05) is 11.8 Å². The average Bonchev–Trinajstić information content (AvgIpc) is 2.20. The Kier molecular flexibility index (Phi) is 3.90. The molecule has 2 N–H and O–H groups in total. The van der Waals surface area contributed by atoms with E-state index in [-0.39, 0.29) is 12.2 Å². The van der Waals surface area contributed by atoms with Crippen molar-refractivity contribution in [2.75, 3.05) is 6.61 Å². The Morgan fingerprint density at radius 1 is 1.47 bits per heavy atom. The highest BCUT2D eigenvalue weighted by atomic mass is 16.4. The Labute approximate surface area is 88.4 Å². The molecule has 3 nitrogen and oxygen atoms in total. The van der Waals surface area contributed by atoms with Crippen molar-refractivity contribution in [2.45, 2.75) is 13.3 Å². The van der Waals surface area contributed by atoms with Crippen LogP contribution in [0.15, 0.2) is 18.2 Å². The summed E-state index contributed by atoms with van der Waals surface area (Å²) in [6.07, 6.45) is 0.431. The molecule has 0 unspecified atom stereocenters. The fourth-order valence-corrected chi connectivity index (χ4v) is 1.15. The van der Waals surface area contributed by atoms with E-state index in [2.05, 4.69) is 11.8 Å². The summed E-state index contributed by atoms with van der Waals surface area (Å²) >= 11 is 0. The largest absolute Gasteiger partial charge is 0.478 e. The van der Waals surface area contributed by atoms with Crippen molar-refractivity contribution < 1.29 is 15.0 Å². The Hall–Kier alpha value is -1.79. The highest BCUT2D eigenvalue weighted by Crippen LogP contribution is 2.09. The second-order valence-corrected chi connectivity index (χ2v) is 3.11. The average molecular weight is 204 g/mol. The number of carboxylic acids is 1. The zero-order valence-corrected chi connectivity index (χ0v) is 8.45. The van der Waals surface area contributed by atoms with Gasteiger partial charge in [-0.25, -0.2) is 4.79 Å². The maximum absolute atomic E-state index is 10.7. The van der Waals surface area contributed by atoms with E-state index >= 15 is 0 Å². The fraction of sp³-hybridized carbons (Fsp3) is 0.250. The van der Waals surface area contributed by atoms with Crippen molar-refractivity contribution in [3.8, 4) is 11.8 Å². The van der Waals surface area contributed by atoms with Gasteiger partial charge >= 0.3 is 5.97 Å². The molecule has 0 saturated heterocycles. The molecule has 1 aromatic rings. The lowest BCUT2D eigenvalue weighted by atomic mass is 10.1. The van der Waals surface area contributed by atoms with Crippen LogP contribution in [0, 0.1) is 18.8 Å². The molecule has 0 spiro atoms. The number of carbonyl (C=O) groups is 1. The molecule has 0 heterocycles. The first-order chi connectivity index (χ1) is 7.15. The number of benzene rings is 1. The molecule has 0 atom stereocenters. The number of hydrogen-bond donors (Lipinski definition) is 2. The maximum atomic E-state index is 10.7. The first kappa shape index (κ1) is 11.3. The van der Waals surface area contributed by atoms with Crippen LogP contribution < -0.4 is 0 Å². The van der Waals surface area contributed by atoms with Crippen LogP contribution in [0.1, 0.15) is 27.9 Å². The van der Waals surface area contributed by atoms with Crippen molar-refractivity contribution in [2.24, 2.45) is 0 Å². The minimum absolute atomic E-state index is 0.0409. The summed E-state index contributed by atoms with van der Waals surface area (Å²) in [4.78, 5) is 10.7. The summed E-state index contributed by atoms with van der Waals surface area (Å²) in [5, 5.41) is 17.3. The minimum Gasteiger partial charge on any atom is -0.478 e. The number of aliphatic hydroxyl groups excluding tert-OH is 1. The molecular weight excluding hydrogens is 192 g/mol. The summed E-state index contributed by atoms with van der Waals surface area (Å²) in [5.41, 5.74) is 1.90. The number of rotatable bonds is 2. The van der Waals surface area contributed by atoms with Crippen LogP contribution in [0.3, 0.4) is 0 Å². The monoisotopic (exact) mass is 204 g/mol. The van der Waals surface area contributed by atoms with Crippen molar-refractivity contribution in [3.63, 3.8) is 0 Å². The summed E-state index contributed by atoms with van der Waals surface area (Å²) in [7, 11) is 0. The minimum atomic E-state index is -0.937. The van der Waals surface area contributed by atoms with Crippen LogP contribution in [0.4, 0.5) is 0 Å². The Bertz CT molecular complexity index is 424. The number of hydrogen-bond acceptors (Lipinski definition) is 2. The zero-order chi connectivity index (χ0) is 11.3. The maximum Gasteiger partial charge on any atom is 0.335 e. The first-order valence-electron chi connectivity index (χ1n) is 4.59. The number of aliphatic hydroxyl groups is 1. The SMILES string of the molecule is Cc1cc(C(=O)O)ccc1C#CCCO. The van der Waals surface area contributed by atoms with Gasteiger partial charge in [0.15, 0.2) is 0 Å². The number of aromatic carboxylic acids is 1. The van der Waals surface area contributed by atoms with Gasteiger partial charge in [0.1, 0.15) is 0 Å². The highest BCUT2D eigenvalue weighted by Gasteiger charge is 2.03. The second kappa shape index (κ2) is 5.18. The molecule has 0 aliphatic rings. The molecule has 0 saturated carbocycles. The zero-order valence-electron chi connectivity index (χ0n) is 8.45. The van der Waals surface area contributed by atoms with Gasteiger partial charge in [-0.3, -0.25) is 0 Å². The normalized spacial score (nSPS) is 9.20. The van der Waals surface area contributed by atoms with Crippen LogP contribution in [0.5, 0.6) is 0 Å². The summed E-state index contributed by atoms with van der Waals surface area (Å²) in [6.45, 7) is 1.86. The van der Waals surface area contributed by atoms with Gasteiger partial charge in [-0.05, 0) is 30.7 Å². The Morgan fingerprint density at radius 3 is 2.73 bits per heavy atom. The predicted molar refractivity (Wildman–Crippen MR) is 56.7 cm³/mol. The Balaban J connectivity index is 2.95. The molecule has 0 aliphatic heterocycles. The van der Waals surface area contributed by atoms with Gasteiger partial charge in [0.25, 0.3) is 0 Å². The highest BCUT2D eigenvalue weighted by molar-refractivity contribution is 5.88. The summed E-state index contributed by atoms with van der Waals surface area (Å²) < 4.78 is 0.